The zero-order chi connectivity index (χ0) is 50.1. The van der Waals surface area contributed by atoms with Crippen molar-refractivity contribution in [2.45, 2.75) is 11.8 Å². The Bertz CT molecular complexity index is 4120. The summed E-state index contributed by atoms with van der Waals surface area (Å²) in [4.78, 5) is 39.5. The molecule has 3 aliphatic rings. The molecule has 76 heavy (non-hydrogen) atoms. The Kier molecular flexibility index (Phi) is 10.2. The van der Waals surface area contributed by atoms with E-state index in [1.165, 1.54) is 44.5 Å². The first-order valence-corrected chi connectivity index (χ1v) is 25.5. The Balaban J connectivity index is 0.746. The molecule has 0 radical (unpaired) electrons. The van der Waals surface area contributed by atoms with Crippen LogP contribution in [0.1, 0.15) is 45.2 Å². The second-order valence-corrected chi connectivity index (χ2v) is 19.5. The van der Waals surface area contributed by atoms with Crippen molar-refractivity contribution in [3.05, 3.63) is 276 Å². The molecule has 13 aromatic rings. The number of rotatable bonds is 8. The highest BCUT2D eigenvalue weighted by Crippen LogP contribution is 2.57. The Morgan fingerprint density at radius 1 is 0.211 bits per heavy atom. The van der Waals surface area contributed by atoms with Crippen LogP contribution in [0.5, 0.6) is 0 Å². The van der Waals surface area contributed by atoms with Crippen molar-refractivity contribution in [1.29, 1.82) is 0 Å². The van der Waals surface area contributed by atoms with Gasteiger partial charge in [0, 0.05) is 68.4 Å². The first-order chi connectivity index (χ1) is 37.6. The van der Waals surface area contributed by atoms with Crippen molar-refractivity contribution in [1.82, 2.24) is 39.9 Å². The summed E-state index contributed by atoms with van der Waals surface area (Å²) in [5.74, 6) is 3.85. The molecule has 0 spiro atoms. The molecule has 2 unspecified atom stereocenters. The molecule has 16 rings (SSSR count). The molecule has 0 amide bonds. The van der Waals surface area contributed by atoms with Crippen LogP contribution in [0.25, 0.3) is 112 Å². The van der Waals surface area contributed by atoms with E-state index in [0.29, 0.717) is 34.9 Å². The third kappa shape index (κ3) is 7.54. The lowest BCUT2D eigenvalue weighted by molar-refractivity contribution is 0.755. The van der Waals surface area contributed by atoms with E-state index in [2.05, 4.69) is 133 Å². The molecule has 0 saturated carbocycles. The summed E-state index contributed by atoms with van der Waals surface area (Å²) >= 11 is 0. The molecule has 9 aromatic carbocycles. The number of pyridine rings is 2. The molecule has 8 nitrogen and oxygen atoms in total. The minimum atomic E-state index is 0.112. The summed E-state index contributed by atoms with van der Waals surface area (Å²) in [5.41, 5.74) is 20.0. The molecule has 4 aromatic heterocycles. The summed E-state index contributed by atoms with van der Waals surface area (Å²) in [6.45, 7) is 0. The lowest BCUT2D eigenvalue weighted by atomic mass is 9.60. The maximum atomic E-state index is 5.04. The second-order valence-electron chi connectivity index (χ2n) is 19.5. The van der Waals surface area contributed by atoms with Gasteiger partial charge in [0.25, 0.3) is 0 Å². The van der Waals surface area contributed by atoms with Crippen molar-refractivity contribution in [2.75, 3.05) is 0 Å². The van der Waals surface area contributed by atoms with Gasteiger partial charge in [-0.2, -0.15) is 0 Å². The fourth-order valence-electron chi connectivity index (χ4n) is 11.3. The summed E-state index contributed by atoms with van der Waals surface area (Å²) in [6.07, 6.45) is 3.69. The number of hydrogen-bond donors (Lipinski definition) is 0. The number of para-hydroxylation sites is 2. The predicted molar refractivity (Wildman–Crippen MR) is 302 cm³/mol. The van der Waals surface area contributed by atoms with E-state index >= 15 is 0 Å². The smallest absolute Gasteiger partial charge is 0.165 e. The molecule has 0 aliphatic heterocycles. The molecule has 3 aliphatic carbocycles. The SMILES string of the molecule is c1ccc(-c2nc(-c3ccc(-c4ccc5c(c4)C4c6ccccc6C5c5cc(-c6ccc(-c7nc(-c8ccccc8)nc(-c8cnc9ccccc9c8)n7)cc6)ccc54)cc3)nc(-c3cnc4ccccc4c3)n2)cc1. The van der Waals surface area contributed by atoms with E-state index in [-0.39, 0.29) is 11.8 Å². The highest BCUT2D eigenvalue weighted by molar-refractivity contribution is 5.85. The van der Waals surface area contributed by atoms with Crippen LogP contribution in [-0.2, 0) is 0 Å². The Labute approximate surface area is 438 Å². The van der Waals surface area contributed by atoms with Gasteiger partial charge in [-0.15, -0.1) is 0 Å². The van der Waals surface area contributed by atoms with E-state index in [1.54, 1.807) is 0 Å². The summed E-state index contributed by atoms with van der Waals surface area (Å²) < 4.78 is 0. The highest BCUT2D eigenvalue weighted by atomic mass is 15.0. The third-order valence-electron chi connectivity index (χ3n) is 15.0. The quantitative estimate of drug-likeness (QED) is 0.148. The number of aromatic nitrogens is 8. The monoisotopic (exact) mass is 970 g/mol. The molecule has 2 atom stereocenters. The summed E-state index contributed by atoms with van der Waals surface area (Å²) in [7, 11) is 0. The maximum Gasteiger partial charge on any atom is 0.165 e. The van der Waals surface area contributed by atoms with Gasteiger partial charge in [0.05, 0.1) is 11.0 Å². The molecule has 2 bridgehead atoms. The van der Waals surface area contributed by atoms with Crippen LogP contribution in [0.2, 0.25) is 0 Å². The van der Waals surface area contributed by atoms with Gasteiger partial charge in [0.15, 0.2) is 34.9 Å². The van der Waals surface area contributed by atoms with Gasteiger partial charge in [-0.25, -0.2) is 29.9 Å². The van der Waals surface area contributed by atoms with Crippen molar-refractivity contribution in [3.63, 3.8) is 0 Å². The van der Waals surface area contributed by atoms with Crippen LogP contribution in [0, 0.1) is 0 Å². The first-order valence-electron chi connectivity index (χ1n) is 25.5. The van der Waals surface area contributed by atoms with Gasteiger partial charge in [-0.1, -0.05) is 194 Å². The molecular weight excluding hydrogens is 929 g/mol. The lowest BCUT2D eigenvalue weighted by Crippen LogP contribution is -2.27. The van der Waals surface area contributed by atoms with Gasteiger partial charge in [-0.3, -0.25) is 9.97 Å². The molecule has 0 saturated heterocycles. The van der Waals surface area contributed by atoms with Crippen LogP contribution in [0.3, 0.4) is 0 Å². The second kappa shape index (κ2) is 17.8. The number of fused-ring (bicyclic) bond motifs is 2. The maximum absolute atomic E-state index is 5.04. The minimum Gasteiger partial charge on any atom is -0.255 e. The van der Waals surface area contributed by atoms with Crippen LogP contribution in [0.15, 0.2) is 243 Å². The van der Waals surface area contributed by atoms with Gasteiger partial charge >= 0.3 is 0 Å². The topological polar surface area (TPSA) is 103 Å². The highest BCUT2D eigenvalue weighted by Gasteiger charge is 2.41. The third-order valence-corrected chi connectivity index (χ3v) is 15.0. The Hall–Kier alpha value is -10.2. The molecule has 354 valence electrons. The van der Waals surface area contributed by atoms with E-state index in [1.807, 2.05) is 109 Å². The van der Waals surface area contributed by atoms with E-state index in [0.717, 1.165) is 66.3 Å². The Morgan fingerprint density at radius 3 is 0.921 bits per heavy atom. The fourth-order valence-corrected chi connectivity index (χ4v) is 11.3. The van der Waals surface area contributed by atoms with Crippen LogP contribution in [0.4, 0.5) is 0 Å². The van der Waals surface area contributed by atoms with Crippen molar-refractivity contribution < 1.29 is 0 Å². The van der Waals surface area contributed by atoms with Gasteiger partial charge < -0.3 is 0 Å². The van der Waals surface area contributed by atoms with Gasteiger partial charge in [0.1, 0.15) is 0 Å². The van der Waals surface area contributed by atoms with E-state index in [9.17, 15) is 0 Å². The first kappa shape index (κ1) is 43.4. The van der Waals surface area contributed by atoms with Crippen molar-refractivity contribution >= 4 is 21.8 Å². The summed E-state index contributed by atoms with van der Waals surface area (Å²) in [5, 5.41) is 2.07. The zero-order valence-corrected chi connectivity index (χ0v) is 40.8. The largest absolute Gasteiger partial charge is 0.255 e. The lowest BCUT2D eigenvalue weighted by Gasteiger charge is -2.42. The standard InChI is InChI=1S/C68H42N8/c1-3-13-43(14-4-1)63-71-65(75-67(73-63)51-35-49-17-7-11-21-59(49)69-39-51)45-27-23-41(24-28-45)47-31-33-55-57(37-47)61-53-19-9-10-20-54(53)62(55)58-38-48(32-34-56(58)61)42-25-29-46(30-26-42)66-72-64(44-15-5-2-6-16-44)74-68(76-66)52-36-50-18-8-12-22-60(50)70-40-52/h1-40,61-62H. The van der Waals surface area contributed by atoms with E-state index in [4.69, 9.17) is 39.9 Å². The number of nitrogens with zero attached hydrogens (tertiary/aromatic N) is 8. The van der Waals surface area contributed by atoms with Crippen molar-refractivity contribution in [2.24, 2.45) is 0 Å². The predicted octanol–water partition coefficient (Wildman–Crippen LogP) is 15.5. The average molecular weight is 971 g/mol. The minimum absolute atomic E-state index is 0.112. The van der Waals surface area contributed by atoms with Gasteiger partial charge in [0.2, 0.25) is 0 Å². The average Bonchev–Trinajstić information content (AvgIpc) is 3.51. The Morgan fingerprint density at radius 2 is 0.513 bits per heavy atom. The van der Waals surface area contributed by atoms with Crippen LogP contribution >= 0.6 is 0 Å². The molecule has 4 heterocycles. The van der Waals surface area contributed by atoms with E-state index < -0.39 is 0 Å². The van der Waals surface area contributed by atoms with Crippen LogP contribution < -0.4 is 0 Å². The zero-order valence-electron chi connectivity index (χ0n) is 40.8. The van der Waals surface area contributed by atoms with Gasteiger partial charge in [-0.05, 0) is 92.0 Å². The number of hydrogen-bond acceptors (Lipinski definition) is 8. The normalized spacial score (nSPS) is 14.1. The number of benzene rings is 9. The fraction of sp³-hybridized carbons (Fsp3) is 0.0294. The van der Waals surface area contributed by atoms with Crippen LogP contribution in [-0.4, -0.2) is 39.9 Å². The molecular formula is C68H42N8. The molecule has 0 N–H and O–H groups in total. The molecule has 0 fully saturated rings. The van der Waals surface area contributed by atoms with Crippen molar-refractivity contribution in [3.8, 4) is 90.6 Å². The summed E-state index contributed by atoms with van der Waals surface area (Å²) in [6, 6.07) is 80.9. The molecule has 8 heteroatoms.